The quantitative estimate of drug-likeness (QED) is 0.761. The van der Waals surface area contributed by atoms with Gasteiger partial charge in [-0.2, -0.15) is 5.10 Å². The molecule has 0 amide bonds. The van der Waals surface area contributed by atoms with Crippen molar-refractivity contribution >= 4 is 12.2 Å². The Hall–Kier alpha value is -2.14. The molecule has 0 saturated heterocycles. The molecule has 2 aromatic rings. The van der Waals surface area contributed by atoms with Crippen LogP contribution in [0.2, 0.25) is 0 Å². The van der Waals surface area contributed by atoms with Crippen LogP contribution in [0, 0.1) is 6.92 Å². The van der Waals surface area contributed by atoms with Crippen LogP contribution in [0.3, 0.4) is 0 Å². The lowest BCUT2D eigenvalue weighted by molar-refractivity contribution is 0.266. The molecule has 2 N–H and O–H groups in total. The topological polar surface area (TPSA) is 59.4 Å². The van der Waals surface area contributed by atoms with Crippen LogP contribution >= 0.6 is 0 Å². The normalized spacial score (nSPS) is 11.7. The molecule has 0 aliphatic rings. The van der Waals surface area contributed by atoms with Crippen LogP contribution in [0.4, 0.5) is 5.95 Å². The highest BCUT2D eigenvalue weighted by molar-refractivity contribution is 5.81. The lowest BCUT2D eigenvalue weighted by Gasteiger charge is -2.21. The number of nitrogens with two attached hydrogens (primary N) is 1. The summed E-state index contributed by atoms with van der Waals surface area (Å²) >= 11 is 0. The summed E-state index contributed by atoms with van der Waals surface area (Å²) in [6, 6.07) is 8.38. The van der Waals surface area contributed by atoms with Gasteiger partial charge in [-0.05, 0) is 44.0 Å². The molecule has 1 heterocycles. The Balaban J connectivity index is 2.18. The number of hydrogen-bond acceptors (Lipinski definition) is 4. The molecule has 1 aromatic heterocycles. The smallest absolute Gasteiger partial charge is 0.221 e. The molecule has 23 heavy (non-hydrogen) atoms. The molecule has 0 bridgehead atoms. The van der Waals surface area contributed by atoms with Gasteiger partial charge in [-0.25, -0.2) is 9.66 Å². The second kappa shape index (κ2) is 8.48. The number of benzene rings is 1. The highest BCUT2D eigenvalue weighted by Crippen LogP contribution is 2.12. The fraction of sp³-hybridized carbons (Fsp3) is 0.444. The number of rotatable bonds is 8. The molecule has 2 rings (SSSR count). The van der Waals surface area contributed by atoms with Gasteiger partial charge in [0.1, 0.15) is 0 Å². The molecular weight excluding hydrogens is 286 g/mol. The minimum absolute atomic E-state index is 0.412. The molecule has 0 radical (unpaired) electrons. The number of nitrogens with zero attached hydrogens (tertiary/aromatic N) is 4. The molecular formula is C18H27N5. The molecule has 0 unspecified atom stereocenters. The maximum Gasteiger partial charge on any atom is 0.221 e. The van der Waals surface area contributed by atoms with Crippen molar-refractivity contribution in [1.82, 2.24) is 14.6 Å². The third-order valence-corrected chi connectivity index (χ3v) is 3.68. The maximum absolute atomic E-state index is 5.83. The van der Waals surface area contributed by atoms with Gasteiger partial charge in [0.2, 0.25) is 5.95 Å². The van der Waals surface area contributed by atoms with E-state index in [9.17, 15) is 0 Å². The second-order valence-corrected chi connectivity index (χ2v) is 5.80. The molecule has 5 heteroatoms. The summed E-state index contributed by atoms with van der Waals surface area (Å²) in [7, 11) is 0. The lowest BCUT2D eigenvalue weighted by Crippen LogP contribution is -2.25. The predicted molar refractivity (Wildman–Crippen MR) is 96.7 cm³/mol. The van der Waals surface area contributed by atoms with E-state index in [1.807, 2.05) is 25.4 Å². The molecule has 124 valence electrons. The standard InChI is InChI=1S/C18H27N5/c1-4-10-22(11-5-2)14-17-9-7-6-8-16(17)12-20-23-13-15(3)21-18(23)19/h6-9,12-13H,4-5,10-11,14H2,1-3H3,(H2,19,21). The van der Waals surface area contributed by atoms with Crippen molar-refractivity contribution in [2.45, 2.75) is 40.2 Å². The summed E-state index contributed by atoms with van der Waals surface area (Å²) < 4.78 is 1.61. The zero-order chi connectivity index (χ0) is 16.7. The minimum Gasteiger partial charge on any atom is -0.368 e. The van der Waals surface area contributed by atoms with E-state index in [1.165, 1.54) is 18.4 Å². The molecule has 0 saturated carbocycles. The number of hydrogen-bond donors (Lipinski definition) is 1. The van der Waals surface area contributed by atoms with E-state index in [1.54, 1.807) is 4.68 Å². The van der Waals surface area contributed by atoms with Crippen molar-refractivity contribution in [1.29, 1.82) is 0 Å². The van der Waals surface area contributed by atoms with E-state index in [0.717, 1.165) is 30.9 Å². The Morgan fingerprint density at radius 3 is 2.52 bits per heavy atom. The first kappa shape index (κ1) is 17.2. The largest absolute Gasteiger partial charge is 0.368 e. The van der Waals surface area contributed by atoms with Gasteiger partial charge >= 0.3 is 0 Å². The van der Waals surface area contributed by atoms with Crippen LogP contribution in [0.5, 0.6) is 0 Å². The number of nitrogen functional groups attached to an aromatic ring is 1. The van der Waals surface area contributed by atoms with Crippen molar-refractivity contribution in [3.63, 3.8) is 0 Å². The van der Waals surface area contributed by atoms with E-state index in [-0.39, 0.29) is 0 Å². The van der Waals surface area contributed by atoms with Crippen molar-refractivity contribution in [3.8, 4) is 0 Å². The first-order valence-corrected chi connectivity index (χ1v) is 8.30. The molecule has 5 nitrogen and oxygen atoms in total. The Labute approximate surface area is 138 Å². The SMILES string of the molecule is CCCN(CCC)Cc1ccccc1C=Nn1cc(C)nc1N. The fourth-order valence-corrected chi connectivity index (χ4v) is 2.67. The minimum atomic E-state index is 0.412. The van der Waals surface area contributed by atoms with Crippen LogP contribution in [-0.2, 0) is 6.54 Å². The van der Waals surface area contributed by atoms with Crippen LogP contribution < -0.4 is 5.73 Å². The maximum atomic E-state index is 5.83. The summed E-state index contributed by atoms with van der Waals surface area (Å²) in [5.41, 5.74) is 9.11. The number of anilines is 1. The first-order chi connectivity index (χ1) is 11.1. The van der Waals surface area contributed by atoms with Gasteiger partial charge < -0.3 is 5.73 Å². The van der Waals surface area contributed by atoms with Crippen LogP contribution in [0.15, 0.2) is 35.6 Å². The van der Waals surface area contributed by atoms with E-state index in [2.05, 4.69) is 47.0 Å². The zero-order valence-corrected chi connectivity index (χ0v) is 14.4. The average molecular weight is 313 g/mol. The van der Waals surface area contributed by atoms with Gasteiger partial charge in [0.25, 0.3) is 0 Å². The van der Waals surface area contributed by atoms with Gasteiger partial charge in [0.05, 0.1) is 18.1 Å². The zero-order valence-electron chi connectivity index (χ0n) is 14.4. The average Bonchev–Trinajstić information content (AvgIpc) is 2.85. The van der Waals surface area contributed by atoms with Gasteiger partial charge in [0.15, 0.2) is 0 Å². The Kier molecular flexibility index (Phi) is 6.35. The second-order valence-electron chi connectivity index (χ2n) is 5.80. The lowest BCUT2D eigenvalue weighted by atomic mass is 10.1. The third kappa shape index (κ3) is 4.93. The van der Waals surface area contributed by atoms with Crippen LogP contribution in [0.25, 0.3) is 0 Å². The highest BCUT2D eigenvalue weighted by atomic mass is 15.4. The van der Waals surface area contributed by atoms with E-state index < -0.39 is 0 Å². The van der Waals surface area contributed by atoms with Gasteiger partial charge in [0, 0.05) is 6.54 Å². The summed E-state index contributed by atoms with van der Waals surface area (Å²) in [6.07, 6.45) is 6.03. The summed E-state index contributed by atoms with van der Waals surface area (Å²) in [6.45, 7) is 9.53. The highest BCUT2D eigenvalue weighted by Gasteiger charge is 2.07. The van der Waals surface area contributed by atoms with Crippen molar-refractivity contribution in [2.24, 2.45) is 5.10 Å². The third-order valence-electron chi connectivity index (χ3n) is 3.68. The van der Waals surface area contributed by atoms with E-state index in [0.29, 0.717) is 5.95 Å². The van der Waals surface area contributed by atoms with Crippen molar-refractivity contribution in [2.75, 3.05) is 18.8 Å². The molecule has 0 aliphatic heterocycles. The molecule has 0 aliphatic carbocycles. The first-order valence-electron chi connectivity index (χ1n) is 8.30. The van der Waals surface area contributed by atoms with Gasteiger partial charge in [-0.1, -0.05) is 38.1 Å². The predicted octanol–water partition coefficient (Wildman–Crippen LogP) is 3.28. The number of aryl methyl sites for hydroxylation is 1. The van der Waals surface area contributed by atoms with Gasteiger partial charge in [-0.3, -0.25) is 4.90 Å². The Bertz CT molecular complexity index is 639. The Morgan fingerprint density at radius 1 is 1.22 bits per heavy atom. The number of imidazole rings is 1. The van der Waals surface area contributed by atoms with Crippen molar-refractivity contribution < 1.29 is 0 Å². The summed E-state index contributed by atoms with van der Waals surface area (Å²) in [4.78, 5) is 6.65. The monoisotopic (exact) mass is 313 g/mol. The molecule has 0 spiro atoms. The summed E-state index contributed by atoms with van der Waals surface area (Å²) in [5.74, 6) is 0.412. The fourth-order valence-electron chi connectivity index (χ4n) is 2.67. The summed E-state index contributed by atoms with van der Waals surface area (Å²) in [5, 5.41) is 4.44. The van der Waals surface area contributed by atoms with Gasteiger partial charge in [-0.15, -0.1) is 0 Å². The molecule has 0 fully saturated rings. The number of aromatic nitrogens is 2. The van der Waals surface area contributed by atoms with E-state index in [4.69, 9.17) is 5.73 Å². The molecule has 1 aromatic carbocycles. The van der Waals surface area contributed by atoms with Crippen LogP contribution in [0.1, 0.15) is 43.5 Å². The van der Waals surface area contributed by atoms with E-state index >= 15 is 0 Å². The molecule has 0 atom stereocenters. The van der Waals surface area contributed by atoms with Crippen molar-refractivity contribution in [3.05, 3.63) is 47.3 Å². The van der Waals surface area contributed by atoms with Crippen LogP contribution in [-0.4, -0.2) is 33.9 Å². The Morgan fingerprint density at radius 2 is 1.91 bits per heavy atom.